The maximum absolute atomic E-state index is 6.35. The summed E-state index contributed by atoms with van der Waals surface area (Å²) in [7, 11) is 0. The van der Waals surface area contributed by atoms with Crippen molar-refractivity contribution in [1.82, 2.24) is 15.0 Å². The molecule has 0 fully saturated rings. The zero-order chi connectivity index (χ0) is 36.6. The summed E-state index contributed by atoms with van der Waals surface area (Å²) in [5.41, 5.74) is 13.5. The number of hydrogen-bond acceptors (Lipinski definition) is 4. The van der Waals surface area contributed by atoms with Crippen LogP contribution in [0.2, 0.25) is 0 Å². The summed E-state index contributed by atoms with van der Waals surface area (Å²) in [6.07, 6.45) is 0. The molecule has 2 heterocycles. The lowest BCUT2D eigenvalue weighted by molar-refractivity contribution is 0.670. The molecule has 10 aromatic rings. The summed E-state index contributed by atoms with van der Waals surface area (Å²) in [6, 6.07) is 69.3. The van der Waals surface area contributed by atoms with E-state index in [-0.39, 0.29) is 0 Å². The molecule has 0 N–H and O–H groups in total. The van der Waals surface area contributed by atoms with Crippen LogP contribution in [0.15, 0.2) is 205 Å². The Morgan fingerprint density at radius 1 is 0.273 bits per heavy atom. The maximum atomic E-state index is 6.35. The Kier molecular flexibility index (Phi) is 8.12. The van der Waals surface area contributed by atoms with Crippen molar-refractivity contribution in [1.29, 1.82) is 0 Å². The van der Waals surface area contributed by atoms with Crippen molar-refractivity contribution in [2.75, 3.05) is 0 Å². The van der Waals surface area contributed by atoms with Gasteiger partial charge in [0.1, 0.15) is 11.2 Å². The van der Waals surface area contributed by atoms with E-state index >= 15 is 0 Å². The normalized spacial score (nSPS) is 11.3. The van der Waals surface area contributed by atoms with E-state index in [1.807, 2.05) is 30.3 Å². The quantitative estimate of drug-likeness (QED) is 0.166. The highest BCUT2D eigenvalue weighted by Gasteiger charge is 2.16. The van der Waals surface area contributed by atoms with E-state index in [1.54, 1.807) is 0 Å². The van der Waals surface area contributed by atoms with Crippen LogP contribution in [0.4, 0.5) is 0 Å². The van der Waals surface area contributed by atoms with Crippen molar-refractivity contribution in [3.05, 3.63) is 200 Å². The Hall–Kier alpha value is -7.43. The zero-order valence-electron chi connectivity index (χ0n) is 29.8. The minimum Gasteiger partial charge on any atom is -0.455 e. The van der Waals surface area contributed by atoms with Gasteiger partial charge in [-0.05, 0) is 57.1 Å². The minimum absolute atomic E-state index is 0.609. The van der Waals surface area contributed by atoms with Gasteiger partial charge in [-0.25, -0.2) is 15.0 Å². The van der Waals surface area contributed by atoms with Crippen molar-refractivity contribution in [3.63, 3.8) is 0 Å². The van der Waals surface area contributed by atoms with E-state index in [0.717, 1.165) is 72.0 Å². The Labute approximate surface area is 319 Å². The number of para-hydroxylation sites is 2. The molecule has 0 unspecified atom stereocenters. The van der Waals surface area contributed by atoms with Gasteiger partial charge in [-0.2, -0.15) is 0 Å². The lowest BCUT2D eigenvalue weighted by atomic mass is 9.98. The van der Waals surface area contributed by atoms with Crippen LogP contribution < -0.4 is 0 Å². The highest BCUT2D eigenvalue weighted by molar-refractivity contribution is 6.09. The molecule has 8 aromatic carbocycles. The van der Waals surface area contributed by atoms with Crippen molar-refractivity contribution < 1.29 is 4.42 Å². The molecule has 4 heteroatoms. The van der Waals surface area contributed by atoms with Crippen molar-refractivity contribution in [2.45, 2.75) is 0 Å². The first kappa shape index (κ1) is 32.2. The lowest BCUT2D eigenvalue weighted by Crippen LogP contribution is -2.00. The van der Waals surface area contributed by atoms with E-state index in [4.69, 9.17) is 19.4 Å². The largest absolute Gasteiger partial charge is 0.455 e. The number of fused-ring (bicyclic) bond motifs is 3. The van der Waals surface area contributed by atoms with Crippen LogP contribution in [0.1, 0.15) is 0 Å². The van der Waals surface area contributed by atoms with Gasteiger partial charge in [-0.3, -0.25) is 0 Å². The van der Waals surface area contributed by atoms with Crippen LogP contribution in [0.25, 0.3) is 101 Å². The number of nitrogens with zero attached hydrogens (tertiary/aromatic N) is 3. The third-order valence-electron chi connectivity index (χ3n) is 10.2. The summed E-state index contributed by atoms with van der Waals surface area (Å²) in [5.74, 6) is 1.85. The summed E-state index contributed by atoms with van der Waals surface area (Å²) in [4.78, 5) is 15.2. The number of hydrogen-bond donors (Lipinski definition) is 0. The molecule has 55 heavy (non-hydrogen) atoms. The second-order valence-corrected chi connectivity index (χ2v) is 13.6. The molecule has 0 aliphatic rings. The molecule has 0 aliphatic carbocycles. The van der Waals surface area contributed by atoms with Gasteiger partial charge in [0.2, 0.25) is 0 Å². The predicted octanol–water partition coefficient (Wildman–Crippen LogP) is 13.4. The van der Waals surface area contributed by atoms with Crippen LogP contribution in [0.3, 0.4) is 0 Å². The van der Waals surface area contributed by atoms with Gasteiger partial charge in [-0.15, -0.1) is 0 Å². The number of benzene rings is 8. The van der Waals surface area contributed by atoms with Gasteiger partial charge in [-0.1, -0.05) is 182 Å². The van der Waals surface area contributed by atoms with Gasteiger partial charge in [0.15, 0.2) is 17.5 Å². The van der Waals surface area contributed by atoms with Crippen LogP contribution >= 0.6 is 0 Å². The van der Waals surface area contributed by atoms with Gasteiger partial charge in [0, 0.05) is 33.0 Å². The Bertz CT molecular complexity index is 2950. The highest BCUT2D eigenvalue weighted by Crippen LogP contribution is 2.37. The molecule has 0 radical (unpaired) electrons. The molecule has 0 saturated heterocycles. The smallest absolute Gasteiger partial charge is 0.164 e. The molecule has 0 saturated carbocycles. The first-order valence-electron chi connectivity index (χ1n) is 18.4. The average Bonchev–Trinajstić information content (AvgIpc) is 3.66. The Balaban J connectivity index is 1.04. The molecule has 258 valence electrons. The fourth-order valence-electron chi connectivity index (χ4n) is 7.33. The molecule has 0 atom stereocenters. The van der Waals surface area contributed by atoms with E-state index < -0.39 is 0 Å². The van der Waals surface area contributed by atoms with Crippen molar-refractivity contribution in [2.24, 2.45) is 0 Å². The molecule has 0 aliphatic heterocycles. The van der Waals surface area contributed by atoms with Gasteiger partial charge in [0.25, 0.3) is 0 Å². The van der Waals surface area contributed by atoms with Crippen molar-refractivity contribution in [3.8, 4) is 78.7 Å². The lowest BCUT2D eigenvalue weighted by Gasteiger charge is -2.11. The molecule has 10 rings (SSSR count). The van der Waals surface area contributed by atoms with E-state index in [9.17, 15) is 0 Å². The topological polar surface area (TPSA) is 51.8 Å². The molecule has 0 amide bonds. The number of rotatable bonds is 7. The SMILES string of the molecule is c1ccc(-c2cccc(-c3ccc(-c4nc(-c5ccc(-c6cccc7c6oc6ccccc67)cc5)nc(-c5cccc(-c6ccccc6)c5)n4)cc3)c2)cc1. The summed E-state index contributed by atoms with van der Waals surface area (Å²) < 4.78 is 6.35. The molecule has 2 aromatic heterocycles. The van der Waals surface area contributed by atoms with Gasteiger partial charge in [0.05, 0.1) is 0 Å². The van der Waals surface area contributed by atoms with Crippen LogP contribution in [0, 0.1) is 0 Å². The van der Waals surface area contributed by atoms with Gasteiger partial charge < -0.3 is 4.42 Å². The highest BCUT2D eigenvalue weighted by atomic mass is 16.3. The summed E-state index contributed by atoms with van der Waals surface area (Å²) in [6.45, 7) is 0. The predicted molar refractivity (Wildman–Crippen MR) is 225 cm³/mol. The van der Waals surface area contributed by atoms with Crippen molar-refractivity contribution >= 4 is 21.9 Å². The second kappa shape index (κ2) is 13.8. The number of furan rings is 1. The Morgan fingerprint density at radius 2 is 0.673 bits per heavy atom. The molecule has 0 spiro atoms. The van der Waals surface area contributed by atoms with E-state index in [1.165, 1.54) is 11.1 Å². The molecule has 4 nitrogen and oxygen atoms in total. The second-order valence-electron chi connectivity index (χ2n) is 13.6. The summed E-state index contributed by atoms with van der Waals surface area (Å²) in [5, 5.41) is 2.22. The first-order chi connectivity index (χ1) is 27.2. The third kappa shape index (κ3) is 6.26. The fraction of sp³-hybridized carbons (Fsp3) is 0. The summed E-state index contributed by atoms with van der Waals surface area (Å²) >= 11 is 0. The number of aromatic nitrogens is 3. The third-order valence-corrected chi connectivity index (χ3v) is 10.2. The maximum Gasteiger partial charge on any atom is 0.164 e. The average molecular weight is 704 g/mol. The zero-order valence-corrected chi connectivity index (χ0v) is 29.8. The molecule has 0 bridgehead atoms. The van der Waals surface area contributed by atoms with Gasteiger partial charge >= 0.3 is 0 Å². The van der Waals surface area contributed by atoms with Crippen LogP contribution in [0.5, 0.6) is 0 Å². The monoisotopic (exact) mass is 703 g/mol. The van der Waals surface area contributed by atoms with E-state index in [0.29, 0.717) is 17.5 Å². The van der Waals surface area contributed by atoms with Crippen LogP contribution in [-0.2, 0) is 0 Å². The molecular weight excluding hydrogens is 671 g/mol. The Morgan fingerprint density at radius 3 is 1.27 bits per heavy atom. The standard InChI is InChI=1S/C51H33N3O/c1-3-12-34(13-4-1)40-16-9-17-41(32-40)36-24-28-38(29-25-36)49-52-50(54-51(53-49)43-19-10-18-42(33-43)35-14-5-2-6-15-35)39-30-26-37(27-31-39)44-21-11-22-46-45-20-7-8-23-47(45)55-48(44)46/h1-33H. The first-order valence-corrected chi connectivity index (χ1v) is 18.4. The van der Waals surface area contributed by atoms with E-state index in [2.05, 4.69) is 170 Å². The fourth-order valence-corrected chi connectivity index (χ4v) is 7.33. The minimum atomic E-state index is 0.609. The van der Waals surface area contributed by atoms with Crippen LogP contribution in [-0.4, -0.2) is 15.0 Å². The molecular formula is C51H33N3O.